The van der Waals surface area contributed by atoms with Gasteiger partial charge in [-0.2, -0.15) is 5.26 Å². The summed E-state index contributed by atoms with van der Waals surface area (Å²) in [5.74, 6) is 0.122. The number of allylic oxidation sites excluding steroid dienone is 1. The Balaban J connectivity index is 1.97. The van der Waals surface area contributed by atoms with Crippen molar-refractivity contribution in [2.75, 3.05) is 0 Å². The molecule has 1 aliphatic heterocycles. The predicted molar refractivity (Wildman–Crippen MR) is 99.5 cm³/mol. The number of ether oxygens (including phenoxy) is 1. The maximum absolute atomic E-state index is 9.73. The molecular weight excluding hydrogens is 348 g/mol. The molecule has 4 rings (SSSR count). The number of fused-ring (bicyclic) bond motifs is 1. The van der Waals surface area contributed by atoms with Crippen molar-refractivity contribution in [3.05, 3.63) is 81.7 Å². The van der Waals surface area contributed by atoms with Crippen molar-refractivity contribution in [1.29, 1.82) is 5.26 Å². The molecule has 2 heterocycles. The van der Waals surface area contributed by atoms with Crippen LogP contribution in [0.2, 0.25) is 5.02 Å². The van der Waals surface area contributed by atoms with Crippen LogP contribution in [0.3, 0.4) is 0 Å². The van der Waals surface area contributed by atoms with Crippen molar-refractivity contribution in [3.8, 4) is 23.2 Å². The van der Waals surface area contributed by atoms with Gasteiger partial charge in [-0.1, -0.05) is 48.0 Å². The highest BCUT2D eigenvalue weighted by Crippen LogP contribution is 2.46. The van der Waals surface area contributed by atoms with Crippen LogP contribution in [0, 0.1) is 18.3 Å². The molecular formula is C20H15ClN4O. The van der Waals surface area contributed by atoms with Crippen molar-refractivity contribution in [2.45, 2.75) is 12.8 Å². The average Bonchev–Trinajstić information content (AvgIpc) is 3.05. The third-order valence-electron chi connectivity index (χ3n) is 4.57. The fraction of sp³-hybridized carbons (Fsp3) is 0.100. The van der Waals surface area contributed by atoms with E-state index < -0.39 is 0 Å². The Morgan fingerprint density at radius 2 is 1.92 bits per heavy atom. The highest BCUT2D eigenvalue weighted by molar-refractivity contribution is 6.30. The fourth-order valence-electron chi connectivity index (χ4n) is 3.30. The van der Waals surface area contributed by atoms with E-state index in [2.05, 4.69) is 16.3 Å². The van der Waals surface area contributed by atoms with Crippen molar-refractivity contribution >= 4 is 11.6 Å². The van der Waals surface area contributed by atoms with Gasteiger partial charge in [-0.15, -0.1) is 5.10 Å². The summed E-state index contributed by atoms with van der Waals surface area (Å²) in [7, 11) is 0. The molecule has 128 valence electrons. The number of hydrogen-bond acceptors (Lipinski definition) is 4. The Hall–Kier alpha value is -3.23. The van der Waals surface area contributed by atoms with Crippen molar-refractivity contribution < 1.29 is 4.74 Å². The Bertz CT molecular complexity index is 1060. The van der Waals surface area contributed by atoms with Crippen LogP contribution in [0.4, 0.5) is 0 Å². The van der Waals surface area contributed by atoms with E-state index in [9.17, 15) is 5.26 Å². The van der Waals surface area contributed by atoms with Gasteiger partial charge >= 0.3 is 0 Å². The molecule has 0 saturated heterocycles. The van der Waals surface area contributed by atoms with Gasteiger partial charge in [0.2, 0.25) is 11.8 Å². The highest BCUT2D eigenvalue weighted by Gasteiger charge is 2.36. The second kappa shape index (κ2) is 6.25. The number of benzene rings is 2. The number of nitrogens with zero attached hydrogens (tertiary/aromatic N) is 2. The lowest BCUT2D eigenvalue weighted by Gasteiger charge is -2.25. The number of hydrogen-bond donors (Lipinski definition) is 2. The summed E-state index contributed by atoms with van der Waals surface area (Å²) in [6, 6.07) is 17.6. The summed E-state index contributed by atoms with van der Waals surface area (Å²) >= 11 is 6.01. The molecule has 1 aromatic heterocycles. The van der Waals surface area contributed by atoms with Crippen LogP contribution in [0.25, 0.3) is 11.3 Å². The first kappa shape index (κ1) is 16.2. The van der Waals surface area contributed by atoms with E-state index in [4.69, 9.17) is 22.1 Å². The van der Waals surface area contributed by atoms with E-state index in [-0.39, 0.29) is 11.8 Å². The van der Waals surface area contributed by atoms with E-state index in [1.54, 1.807) is 0 Å². The van der Waals surface area contributed by atoms with Crippen molar-refractivity contribution in [2.24, 2.45) is 5.73 Å². The average molecular weight is 363 g/mol. The van der Waals surface area contributed by atoms with E-state index in [1.807, 2.05) is 55.5 Å². The van der Waals surface area contributed by atoms with Crippen LogP contribution in [0.1, 0.15) is 22.6 Å². The van der Waals surface area contributed by atoms with Crippen molar-refractivity contribution in [3.63, 3.8) is 0 Å². The summed E-state index contributed by atoms with van der Waals surface area (Å²) in [5, 5.41) is 17.7. The third-order valence-corrected chi connectivity index (χ3v) is 4.82. The minimum Gasteiger partial charge on any atom is -0.420 e. The number of aromatic amines is 1. The summed E-state index contributed by atoms with van der Waals surface area (Å²) < 4.78 is 5.62. The van der Waals surface area contributed by atoms with Gasteiger partial charge in [0.05, 0.1) is 17.2 Å². The van der Waals surface area contributed by atoms with Gasteiger partial charge in [-0.25, -0.2) is 0 Å². The number of aryl methyl sites for hydroxylation is 1. The van der Waals surface area contributed by atoms with E-state index in [0.717, 1.165) is 27.9 Å². The van der Waals surface area contributed by atoms with Gasteiger partial charge in [0.1, 0.15) is 11.6 Å². The monoisotopic (exact) mass is 362 g/mol. The molecule has 0 spiro atoms. The fourth-order valence-corrected chi connectivity index (χ4v) is 3.43. The molecule has 1 aliphatic rings. The zero-order chi connectivity index (χ0) is 18.3. The molecule has 3 N–H and O–H groups in total. The number of rotatable bonds is 2. The lowest BCUT2D eigenvalue weighted by Crippen LogP contribution is -2.21. The first-order valence-electron chi connectivity index (χ1n) is 8.07. The second-order valence-electron chi connectivity index (χ2n) is 6.11. The summed E-state index contributed by atoms with van der Waals surface area (Å²) in [6.07, 6.45) is 0. The Kier molecular flexibility index (Phi) is 3.90. The van der Waals surface area contributed by atoms with Crippen LogP contribution in [-0.4, -0.2) is 10.2 Å². The quantitative estimate of drug-likeness (QED) is 0.713. The van der Waals surface area contributed by atoms with Crippen LogP contribution in [0.5, 0.6) is 5.88 Å². The number of nitrogens with one attached hydrogen (secondary N) is 1. The lowest BCUT2D eigenvalue weighted by atomic mass is 9.81. The van der Waals surface area contributed by atoms with Gasteiger partial charge in [0.25, 0.3) is 0 Å². The Labute approximate surface area is 155 Å². The van der Waals surface area contributed by atoms with Gasteiger partial charge in [0.15, 0.2) is 0 Å². The summed E-state index contributed by atoms with van der Waals surface area (Å²) in [6.45, 7) is 2.01. The maximum atomic E-state index is 9.73. The van der Waals surface area contributed by atoms with Gasteiger partial charge in [-0.3, -0.25) is 5.10 Å². The SMILES string of the molecule is Cc1ccccc1[C@H]1C(C#N)=C(N)Oc2n[nH]c(-c3ccc(Cl)cc3)c21. The first-order valence-corrected chi connectivity index (χ1v) is 8.45. The molecule has 0 aliphatic carbocycles. The van der Waals surface area contributed by atoms with E-state index in [1.165, 1.54) is 0 Å². The van der Waals surface area contributed by atoms with Crippen LogP contribution < -0.4 is 10.5 Å². The predicted octanol–water partition coefficient (Wildman–Crippen LogP) is 4.26. The van der Waals surface area contributed by atoms with Crippen LogP contribution >= 0.6 is 11.6 Å². The zero-order valence-electron chi connectivity index (χ0n) is 14.0. The van der Waals surface area contributed by atoms with Gasteiger partial charge in [0, 0.05) is 10.6 Å². The number of aromatic nitrogens is 2. The van der Waals surface area contributed by atoms with Crippen molar-refractivity contribution in [1.82, 2.24) is 10.2 Å². The molecule has 2 aromatic carbocycles. The van der Waals surface area contributed by atoms with Gasteiger partial charge in [-0.05, 0) is 30.2 Å². The molecule has 0 unspecified atom stereocenters. The molecule has 1 atom stereocenters. The molecule has 0 amide bonds. The molecule has 0 bridgehead atoms. The second-order valence-corrected chi connectivity index (χ2v) is 6.54. The Morgan fingerprint density at radius 1 is 1.19 bits per heavy atom. The van der Waals surface area contributed by atoms with E-state index in [0.29, 0.717) is 16.5 Å². The molecule has 0 saturated carbocycles. The zero-order valence-corrected chi connectivity index (χ0v) is 14.7. The largest absolute Gasteiger partial charge is 0.420 e. The van der Waals surface area contributed by atoms with E-state index >= 15 is 0 Å². The third kappa shape index (κ3) is 2.52. The molecule has 3 aromatic rings. The number of H-pyrrole nitrogens is 1. The Morgan fingerprint density at radius 3 is 2.62 bits per heavy atom. The smallest absolute Gasteiger partial charge is 0.244 e. The lowest BCUT2D eigenvalue weighted by molar-refractivity contribution is 0.379. The molecule has 5 nitrogen and oxygen atoms in total. The maximum Gasteiger partial charge on any atom is 0.244 e. The first-order chi connectivity index (χ1) is 12.6. The minimum atomic E-state index is -0.352. The number of nitriles is 1. The normalized spacial score (nSPS) is 16.0. The topological polar surface area (TPSA) is 87.7 Å². The standard InChI is InChI=1S/C20H15ClN4O/c1-11-4-2-3-5-14(11)16-15(10-22)19(23)26-20-17(16)18(24-25-20)12-6-8-13(21)9-7-12/h2-9,16H,23H2,1H3,(H,24,25)/t16-/m0/s1. The van der Waals surface area contributed by atoms with Crippen LogP contribution in [0.15, 0.2) is 60.0 Å². The molecule has 0 radical (unpaired) electrons. The molecule has 6 heteroatoms. The molecule has 26 heavy (non-hydrogen) atoms. The number of halogens is 1. The highest BCUT2D eigenvalue weighted by atomic mass is 35.5. The van der Waals surface area contributed by atoms with Crippen LogP contribution in [-0.2, 0) is 0 Å². The van der Waals surface area contributed by atoms with Gasteiger partial charge < -0.3 is 10.5 Å². The molecule has 0 fully saturated rings. The number of nitrogens with two attached hydrogens (primary N) is 1. The summed E-state index contributed by atoms with van der Waals surface area (Å²) in [5.41, 5.74) is 10.9. The summed E-state index contributed by atoms with van der Waals surface area (Å²) in [4.78, 5) is 0. The minimum absolute atomic E-state index is 0.0856.